The largest absolute Gasteiger partial charge is 0.389 e. The van der Waals surface area contributed by atoms with E-state index in [1.165, 1.54) is 36.4 Å². The highest BCUT2D eigenvalue weighted by molar-refractivity contribution is 7.92. The zero-order valence-corrected chi connectivity index (χ0v) is 17.4. The van der Waals surface area contributed by atoms with Crippen LogP contribution in [0.5, 0.6) is 0 Å². The average molecular weight is 430 g/mol. The SMILES string of the molecule is Cc1ccc(S(=O)(=O)N(CC(O)Cn2ccnc2C)c2cccc([N+](=O)[O-])c2)cc1. The van der Waals surface area contributed by atoms with Gasteiger partial charge < -0.3 is 9.67 Å². The van der Waals surface area contributed by atoms with E-state index in [1.807, 2.05) is 6.92 Å². The van der Waals surface area contributed by atoms with Crippen molar-refractivity contribution in [3.05, 3.63) is 82.4 Å². The van der Waals surface area contributed by atoms with E-state index in [2.05, 4.69) is 4.98 Å². The number of hydrogen-bond donors (Lipinski definition) is 1. The van der Waals surface area contributed by atoms with E-state index in [0.29, 0.717) is 5.82 Å². The van der Waals surface area contributed by atoms with E-state index in [0.717, 1.165) is 9.87 Å². The second kappa shape index (κ2) is 8.64. The first-order chi connectivity index (χ1) is 14.2. The van der Waals surface area contributed by atoms with Crippen LogP contribution in [0.3, 0.4) is 0 Å². The van der Waals surface area contributed by atoms with Crippen molar-refractivity contribution in [1.82, 2.24) is 9.55 Å². The highest BCUT2D eigenvalue weighted by atomic mass is 32.2. The summed E-state index contributed by atoms with van der Waals surface area (Å²) in [5, 5.41) is 21.8. The Morgan fingerprint density at radius 3 is 2.50 bits per heavy atom. The number of hydrogen-bond acceptors (Lipinski definition) is 6. The van der Waals surface area contributed by atoms with Crippen LogP contribution in [-0.4, -0.2) is 40.6 Å². The van der Waals surface area contributed by atoms with Crippen molar-refractivity contribution in [3.63, 3.8) is 0 Å². The third-order valence-corrected chi connectivity index (χ3v) is 6.45. The molecule has 1 atom stereocenters. The summed E-state index contributed by atoms with van der Waals surface area (Å²) >= 11 is 0. The lowest BCUT2D eigenvalue weighted by atomic mass is 10.2. The minimum atomic E-state index is -4.07. The molecule has 0 fully saturated rings. The highest BCUT2D eigenvalue weighted by Gasteiger charge is 2.28. The van der Waals surface area contributed by atoms with Crippen molar-refractivity contribution in [1.29, 1.82) is 0 Å². The van der Waals surface area contributed by atoms with E-state index in [1.54, 1.807) is 36.0 Å². The predicted molar refractivity (Wildman–Crippen MR) is 112 cm³/mol. The number of benzene rings is 2. The fraction of sp³-hybridized carbons (Fsp3) is 0.250. The van der Waals surface area contributed by atoms with Crippen LogP contribution in [-0.2, 0) is 16.6 Å². The lowest BCUT2D eigenvalue weighted by Crippen LogP contribution is -2.39. The van der Waals surface area contributed by atoms with Crippen LogP contribution in [0, 0.1) is 24.0 Å². The number of aliphatic hydroxyl groups excluding tert-OH is 1. The van der Waals surface area contributed by atoms with Crippen molar-refractivity contribution in [2.75, 3.05) is 10.8 Å². The Morgan fingerprint density at radius 1 is 1.20 bits per heavy atom. The molecule has 3 rings (SSSR count). The molecule has 0 radical (unpaired) electrons. The molecular formula is C20H22N4O5S. The molecular weight excluding hydrogens is 408 g/mol. The van der Waals surface area contributed by atoms with Gasteiger partial charge in [-0.15, -0.1) is 0 Å². The summed E-state index contributed by atoms with van der Waals surface area (Å²) in [5.74, 6) is 0.678. The van der Waals surface area contributed by atoms with Crippen molar-refractivity contribution < 1.29 is 18.4 Å². The van der Waals surface area contributed by atoms with Gasteiger partial charge in [0.1, 0.15) is 5.82 Å². The first-order valence-corrected chi connectivity index (χ1v) is 10.6. The standard InChI is InChI=1S/C20H22N4O5S/c1-15-6-8-20(9-7-15)30(28,29)23(17-4-3-5-18(12-17)24(26)27)14-19(25)13-22-11-10-21-16(22)2/h3-12,19,25H,13-14H2,1-2H3. The topological polar surface area (TPSA) is 119 Å². The molecule has 9 nitrogen and oxygen atoms in total. The molecule has 158 valence electrons. The molecule has 3 aromatic rings. The number of aromatic nitrogens is 2. The van der Waals surface area contributed by atoms with Crippen molar-refractivity contribution in [2.45, 2.75) is 31.4 Å². The number of aliphatic hydroxyl groups is 1. The van der Waals surface area contributed by atoms with Crippen molar-refractivity contribution in [3.8, 4) is 0 Å². The number of rotatable bonds is 8. The first kappa shape index (κ1) is 21.5. The van der Waals surface area contributed by atoms with Gasteiger partial charge in [0.05, 0.1) is 34.7 Å². The minimum absolute atomic E-state index is 0.0330. The molecule has 0 spiro atoms. The quantitative estimate of drug-likeness (QED) is 0.433. The minimum Gasteiger partial charge on any atom is -0.389 e. The Kier molecular flexibility index (Phi) is 6.18. The number of non-ortho nitro benzene ring substituents is 1. The van der Waals surface area contributed by atoms with Crippen molar-refractivity contribution in [2.24, 2.45) is 0 Å². The molecule has 0 saturated heterocycles. The maximum absolute atomic E-state index is 13.4. The summed E-state index contributed by atoms with van der Waals surface area (Å²) in [6.45, 7) is 3.45. The Morgan fingerprint density at radius 2 is 1.90 bits per heavy atom. The molecule has 0 saturated carbocycles. The normalized spacial score (nSPS) is 12.5. The highest BCUT2D eigenvalue weighted by Crippen LogP contribution is 2.27. The number of sulfonamides is 1. The third-order valence-electron chi connectivity index (χ3n) is 4.65. The molecule has 1 N–H and O–H groups in total. The Bertz CT molecular complexity index is 1140. The molecule has 1 unspecified atom stereocenters. The Hall–Kier alpha value is -3.24. The number of nitro benzene ring substituents is 1. The zero-order valence-electron chi connectivity index (χ0n) is 16.5. The molecule has 0 bridgehead atoms. The number of imidazole rings is 1. The average Bonchev–Trinajstić information content (AvgIpc) is 3.11. The molecule has 1 heterocycles. The number of nitrogens with zero attached hydrogens (tertiary/aromatic N) is 4. The summed E-state index contributed by atoms with van der Waals surface area (Å²) in [6, 6.07) is 11.6. The molecule has 0 amide bonds. The Balaban J connectivity index is 2.00. The first-order valence-electron chi connectivity index (χ1n) is 9.18. The van der Waals surface area contributed by atoms with Gasteiger partial charge >= 0.3 is 0 Å². The van der Waals surface area contributed by atoms with E-state index in [9.17, 15) is 23.6 Å². The predicted octanol–water partition coefficient (Wildman–Crippen LogP) is 2.66. The molecule has 1 aromatic heterocycles. The molecule has 30 heavy (non-hydrogen) atoms. The summed E-state index contributed by atoms with van der Waals surface area (Å²) in [4.78, 5) is 14.7. The third kappa shape index (κ3) is 4.66. The molecule has 2 aromatic carbocycles. The molecule has 0 aliphatic rings. The van der Waals surface area contributed by atoms with Gasteiger partial charge in [0.25, 0.3) is 15.7 Å². The van der Waals surface area contributed by atoms with Gasteiger partial charge in [-0.3, -0.25) is 14.4 Å². The van der Waals surface area contributed by atoms with E-state index < -0.39 is 21.1 Å². The molecule has 0 aliphatic heterocycles. The zero-order chi connectivity index (χ0) is 21.9. The van der Waals surface area contributed by atoms with Gasteiger partial charge in [-0.25, -0.2) is 13.4 Å². The van der Waals surface area contributed by atoms with E-state index in [-0.39, 0.29) is 29.4 Å². The van der Waals surface area contributed by atoms with Crippen LogP contribution < -0.4 is 4.31 Å². The van der Waals surface area contributed by atoms with Crippen LogP contribution in [0.1, 0.15) is 11.4 Å². The second-order valence-electron chi connectivity index (χ2n) is 6.91. The lowest BCUT2D eigenvalue weighted by Gasteiger charge is -2.27. The number of anilines is 1. The Labute approximate surface area is 174 Å². The van der Waals surface area contributed by atoms with Gasteiger partial charge in [-0.2, -0.15) is 0 Å². The fourth-order valence-corrected chi connectivity index (χ4v) is 4.51. The van der Waals surface area contributed by atoms with Crippen LogP contribution in [0.2, 0.25) is 0 Å². The van der Waals surface area contributed by atoms with Gasteiger partial charge in [0.15, 0.2) is 0 Å². The van der Waals surface area contributed by atoms with Crippen LogP contribution in [0.4, 0.5) is 11.4 Å². The summed E-state index contributed by atoms with van der Waals surface area (Å²) in [6.07, 6.45) is 2.20. The van der Waals surface area contributed by atoms with E-state index in [4.69, 9.17) is 0 Å². The van der Waals surface area contributed by atoms with E-state index >= 15 is 0 Å². The van der Waals surface area contributed by atoms with Crippen LogP contribution in [0.25, 0.3) is 0 Å². The maximum Gasteiger partial charge on any atom is 0.271 e. The number of aryl methyl sites for hydroxylation is 2. The number of nitro groups is 1. The monoisotopic (exact) mass is 430 g/mol. The summed E-state index contributed by atoms with van der Waals surface area (Å²) in [7, 11) is -4.07. The van der Waals surface area contributed by atoms with Gasteiger partial charge in [-0.05, 0) is 32.0 Å². The molecule has 0 aliphatic carbocycles. The smallest absolute Gasteiger partial charge is 0.271 e. The fourth-order valence-electron chi connectivity index (χ4n) is 3.01. The van der Waals surface area contributed by atoms with Gasteiger partial charge in [0.2, 0.25) is 0 Å². The lowest BCUT2D eigenvalue weighted by molar-refractivity contribution is -0.384. The maximum atomic E-state index is 13.4. The summed E-state index contributed by atoms with van der Waals surface area (Å²) < 4.78 is 29.4. The van der Waals surface area contributed by atoms with Crippen LogP contribution in [0.15, 0.2) is 65.8 Å². The van der Waals surface area contributed by atoms with Gasteiger partial charge in [-0.1, -0.05) is 23.8 Å². The van der Waals surface area contributed by atoms with Crippen molar-refractivity contribution >= 4 is 21.4 Å². The summed E-state index contributed by atoms with van der Waals surface area (Å²) in [5.41, 5.74) is 0.759. The van der Waals surface area contributed by atoms with Gasteiger partial charge in [0, 0.05) is 24.5 Å². The molecule has 10 heteroatoms. The van der Waals surface area contributed by atoms with Crippen LogP contribution >= 0.6 is 0 Å². The second-order valence-corrected chi connectivity index (χ2v) is 8.77.